The summed E-state index contributed by atoms with van der Waals surface area (Å²) in [4.78, 5) is 28.4. The average Bonchev–Trinajstić information content (AvgIpc) is 3.24. The van der Waals surface area contributed by atoms with E-state index >= 15 is 0 Å². The Balaban J connectivity index is 1.55. The quantitative estimate of drug-likeness (QED) is 0.500. The van der Waals surface area contributed by atoms with Gasteiger partial charge in [-0.25, -0.2) is 9.07 Å². The number of amides is 2. The van der Waals surface area contributed by atoms with Gasteiger partial charge in [0, 0.05) is 26.2 Å². The molecule has 0 radical (unpaired) electrons. The largest absolute Gasteiger partial charge is 0.434 e. The van der Waals surface area contributed by atoms with E-state index in [0.717, 1.165) is 23.0 Å². The number of carbonyl (C=O) groups excluding carboxylic acids is 2. The number of piperazine rings is 1. The van der Waals surface area contributed by atoms with Crippen LogP contribution in [0.2, 0.25) is 5.02 Å². The summed E-state index contributed by atoms with van der Waals surface area (Å²) < 4.78 is 56.0. The second-order valence-corrected chi connectivity index (χ2v) is 8.22. The van der Waals surface area contributed by atoms with Gasteiger partial charge in [0.15, 0.2) is 5.69 Å². The van der Waals surface area contributed by atoms with Crippen LogP contribution in [0.25, 0.3) is 5.69 Å². The minimum atomic E-state index is -4.82. The van der Waals surface area contributed by atoms with E-state index in [-0.39, 0.29) is 42.5 Å². The van der Waals surface area contributed by atoms with Crippen molar-refractivity contribution in [2.75, 3.05) is 26.2 Å². The molecular formula is C23H19ClF4N4O2. The zero-order valence-corrected chi connectivity index (χ0v) is 18.7. The molecule has 3 aromatic rings. The van der Waals surface area contributed by atoms with Crippen LogP contribution in [0.15, 0.2) is 48.7 Å². The van der Waals surface area contributed by atoms with Crippen molar-refractivity contribution in [2.45, 2.75) is 13.1 Å². The molecule has 0 aliphatic carbocycles. The number of aromatic nitrogens is 2. The van der Waals surface area contributed by atoms with E-state index in [9.17, 15) is 27.2 Å². The molecule has 1 aliphatic rings. The van der Waals surface area contributed by atoms with Crippen molar-refractivity contribution in [1.29, 1.82) is 0 Å². The van der Waals surface area contributed by atoms with Gasteiger partial charge in [-0.3, -0.25) is 9.59 Å². The SMILES string of the molecule is Cc1ccccc1-n1ncc(C(=O)N2CCN(C(=O)c3ccc(F)cc3Cl)CC2)c1C(F)(F)F. The maximum absolute atomic E-state index is 14.0. The number of benzene rings is 2. The van der Waals surface area contributed by atoms with Crippen molar-refractivity contribution in [1.82, 2.24) is 19.6 Å². The first-order valence-electron chi connectivity index (χ1n) is 10.3. The second-order valence-electron chi connectivity index (χ2n) is 7.81. The minimum absolute atomic E-state index is 0.0240. The highest BCUT2D eigenvalue weighted by Gasteiger charge is 2.42. The Bertz CT molecular complexity index is 1250. The number of rotatable bonds is 3. The van der Waals surface area contributed by atoms with Gasteiger partial charge in [-0.05, 0) is 36.8 Å². The van der Waals surface area contributed by atoms with Gasteiger partial charge < -0.3 is 9.80 Å². The molecule has 1 aliphatic heterocycles. The number of hydrogen-bond acceptors (Lipinski definition) is 3. The lowest BCUT2D eigenvalue weighted by atomic mass is 10.1. The Kier molecular flexibility index (Phi) is 6.35. The van der Waals surface area contributed by atoms with Gasteiger partial charge in [0.25, 0.3) is 11.8 Å². The highest BCUT2D eigenvalue weighted by Crippen LogP contribution is 2.35. The Morgan fingerprint density at radius 1 is 0.941 bits per heavy atom. The van der Waals surface area contributed by atoms with Crippen LogP contribution in [0.4, 0.5) is 17.6 Å². The molecule has 6 nitrogen and oxygen atoms in total. The molecule has 4 rings (SSSR count). The lowest BCUT2D eigenvalue weighted by molar-refractivity contribution is -0.143. The lowest BCUT2D eigenvalue weighted by Crippen LogP contribution is -2.50. The summed E-state index contributed by atoms with van der Waals surface area (Å²) in [6.07, 6.45) is -3.89. The van der Waals surface area contributed by atoms with Gasteiger partial charge in [-0.2, -0.15) is 18.3 Å². The van der Waals surface area contributed by atoms with Gasteiger partial charge in [-0.1, -0.05) is 29.8 Å². The molecule has 0 unspecified atom stereocenters. The molecule has 2 amide bonds. The third kappa shape index (κ3) is 4.50. The van der Waals surface area contributed by atoms with Crippen LogP contribution in [-0.4, -0.2) is 57.6 Å². The Hall–Kier alpha value is -3.40. The lowest BCUT2D eigenvalue weighted by Gasteiger charge is -2.35. The molecule has 1 fully saturated rings. The van der Waals surface area contributed by atoms with Crippen molar-refractivity contribution in [3.63, 3.8) is 0 Å². The molecule has 2 heterocycles. The van der Waals surface area contributed by atoms with Crippen LogP contribution in [0.1, 0.15) is 32.0 Å². The van der Waals surface area contributed by atoms with Crippen molar-refractivity contribution in [3.05, 3.63) is 81.9 Å². The van der Waals surface area contributed by atoms with Gasteiger partial charge in [0.2, 0.25) is 0 Å². The number of nitrogens with zero attached hydrogens (tertiary/aromatic N) is 4. The highest BCUT2D eigenvalue weighted by atomic mass is 35.5. The van der Waals surface area contributed by atoms with Gasteiger partial charge in [0.05, 0.1) is 28.0 Å². The molecule has 0 atom stereocenters. The molecule has 178 valence electrons. The number of hydrogen-bond donors (Lipinski definition) is 0. The number of halogens is 5. The zero-order chi connectivity index (χ0) is 24.6. The third-order valence-electron chi connectivity index (χ3n) is 5.63. The maximum atomic E-state index is 14.0. The third-order valence-corrected chi connectivity index (χ3v) is 5.94. The first-order chi connectivity index (χ1) is 16.1. The normalized spacial score (nSPS) is 14.4. The Labute approximate surface area is 197 Å². The van der Waals surface area contributed by atoms with E-state index in [0.29, 0.717) is 5.56 Å². The Morgan fingerprint density at radius 3 is 2.09 bits per heavy atom. The van der Waals surface area contributed by atoms with E-state index < -0.39 is 35.1 Å². The van der Waals surface area contributed by atoms with Crippen LogP contribution < -0.4 is 0 Å². The van der Waals surface area contributed by atoms with Crippen molar-refractivity contribution < 1.29 is 27.2 Å². The molecule has 0 spiro atoms. The first-order valence-corrected chi connectivity index (χ1v) is 10.7. The second kappa shape index (κ2) is 9.09. The highest BCUT2D eigenvalue weighted by molar-refractivity contribution is 6.33. The van der Waals surface area contributed by atoms with Crippen LogP contribution in [0.3, 0.4) is 0 Å². The van der Waals surface area contributed by atoms with E-state index in [1.54, 1.807) is 25.1 Å². The molecule has 2 aromatic carbocycles. The molecule has 1 aromatic heterocycles. The summed E-state index contributed by atoms with van der Waals surface area (Å²) in [6, 6.07) is 9.85. The smallest absolute Gasteiger partial charge is 0.335 e. The van der Waals surface area contributed by atoms with E-state index in [4.69, 9.17) is 11.6 Å². The summed E-state index contributed by atoms with van der Waals surface area (Å²) in [6.45, 7) is 1.88. The zero-order valence-electron chi connectivity index (χ0n) is 17.9. The topological polar surface area (TPSA) is 58.4 Å². The maximum Gasteiger partial charge on any atom is 0.434 e. The fourth-order valence-corrected chi connectivity index (χ4v) is 4.13. The van der Waals surface area contributed by atoms with E-state index in [2.05, 4.69) is 5.10 Å². The van der Waals surface area contributed by atoms with Crippen LogP contribution >= 0.6 is 11.6 Å². The fraction of sp³-hybridized carbons (Fsp3) is 0.261. The molecule has 0 N–H and O–H groups in total. The first kappa shape index (κ1) is 23.7. The predicted molar refractivity (Wildman–Crippen MR) is 117 cm³/mol. The van der Waals surface area contributed by atoms with Crippen molar-refractivity contribution in [2.24, 2.45) is 0 Å². The number of alkyl halides is 3. The minimum Gasteiger partial charge on any atom is -0.335 e. The van der Waals surface area contributed by atoms with E-state index in [1.807, 2.05) is 0 Å². The fourth-order valence-electron chi connectivity index (χ4n) is 3.88. The summed E-state index contributed by atoms with van der Waals surface area (Å²) in [5.74, 6) is -1.84. The number of para-hydroxylation sites is 1. The van der Waals surface area contributed by atoms with Gasteiger partial charge in [0.1, 0.15) is 5.82 Å². The summed E-state index contributed by atoms with van der Waals surface area (Å²) >= 11 is 5.96. The average molecular weight is 495 g/mol. The molecule has 1 saturated heterocycles. The van der Waals surface area contributed by atoms with Crippen molar-refractivity contribution >= 4 is 23.4 Å². The number of carbonyl (C=O) groups is 2. The molecular weight excluding hydrogens is 476 g/mol. The van der Waals surface area contributed by atoms with Gasteiger partial charge >= 0.3 is 6.18 Å². The predicted octanol–water partition coefficient (Wildman–Crippen LogP) is 4.59. The summed E-state index contributed by atoms with van der Waals surface area (Å²) in [5, 5.41) is 3.83. The number of aryl methyl sites for hydroxylation is 1. The summed E-state index contributed by atoms with van der Waals surface area (Å²) in [7, 11) is 0. The van der Waals surface area contributed by atoms with Gasteiger partial charge in [-0.15, -0.1) is 0 Å². The molecule has 34 heavy (non-hydrogen) atoms. The summed E-state index contributed by atoms with van der Waals surface area (Å²) in [5.41, 5.74) is -0.802. The van der Waals surface area contributed by atoms with Crippen LogP contribution in [0, 0.1) is 12.7 Å². The molecule has 11 heteroatoms. The Morgan fingerprint density at radius 2 is 1.53 bits per heavy atom. The van der Waals surface area contributed by atoms with Crippen LogP contribution in [-0.2, 0) is 6.18 Å². The van der Waals surface area contributed by atoms with E-state index in [1.165, 1.54) is 21.9 Å². The van der Waals surface area contributed by atoms with Crippen molar-refractivity contribution in [3.8, 4) is 5.69 Å². The molecule has 0 saturated carbocycles. The van der Waals surface area contributed by atoms with Crippen LogP contribution in [0.5, 0.6) is 0 Å². The standard InChI is InChI=1S/C23H19ClF4N4O2/c1-14-4-2-3-5-19(14)32-20(23(26,27)28)17(13-29-32)22(34)31-10-8-30(9-11-31)21(33)16-7-6-15(25)12-18(16)24/h2-7,12-13H,8-11H2,1H3. The molecule has 0 bridgehead atoms. The monoisotopic (exact) mass is 494 g/mol.